The van der Waals surface area contributed by atoms with Gasteiger partial charge in [-0.05, 0) is 25.0 Å². The van der Waals surface area contributed by atoms with Crippen LogP contribution in [0.3, 0.4) is 0 Å². The van der Waals surface area contributed by atoms with Gasteiger partial charge in [0, 0.05) is 25.2 Å². The maximum Gasteiger partial charge on any atom is 0.230 e. The van der Waals surface area contributed by atoms with Crippen LogP contribution in [0.5, 0.6) is 0 Å². The molecule has 0 aromatic heterocycles. The first-order valence-corrected chi connectivity index (χ1v) is 6.66. The molecule has 0 aliphatic heterocycles. The van der Waals surface area contributed by atoms with E-state index in [1.807, 2.05) is 18.2 Å². The van der Waals surface area contributed by atoms with E-state index >= 15 is 0 Å². The Morgan fingerprint density at radius 1 is 1.41 bits per heavy atom. The topological polar surface area (TPSA) is 38.3 Å². The first kappa shape index (κ1) is 14.1. The standard InChI is InChI=1S/C13H19NO2S/c1-11-6-3-4-7-12(11)17-10-13(15)14-8-5-9-16-2/h3-4,6-7H,5,8-10H2,1-2H3,(H,14,15). The summed E-state index contributed by atoms with van der Waals surface area (Å²) in [5.41, 5.74) is 1.21. The lowest BCUT2D eigenvalue weighted by Gasteiger charge is -2.06. The zero-order valence-electron chi connectivity index (χ0n) is 10.4. The zero-order chi connectivity index (χ0) is 12.5. The first-order valence-electron chi connectivity index (χ1n) is 5.68. The number of carbonyl (C=O) groups excluding carboxylic acids is 1. The van der Waals surface area contributed by atoms with E-state index < -0.39 is 0 Å². The predicted octanol–water partition coefficient (Wildman–Crippen LogP) is 2.24. The van der Waals surface area contributed by atoms with Crippen LogP contribution < -0.4 is 5.32 Å². The Morgan fingerprint density at radius 3 is 2.88 bits per heavy atom. The fraction of sp³-hybridized carbons (Fsp3) is 0.462. The maximum atomic E-state index is 11.5. The summed E-state index contributed by atoms with van der Waals surface area (Å²) < 4.78 is 4.91. The number of hydrogen-bond acceptors (Lipinski definition) is 3. The van der Waals surface area contributed by atoms with Crippen LogP contribution in [0.1, 0.15) is 12.0 Å². The summed E-state index contributed by atoms with van der Waals surface area (Å²) in [4.78, 5) is 12.7. The SMILES string of the molecule is COCCCNC(=O)CSc1ccccc1C. The number of ether oxygens (including phenoxy) is 1. The van der Waals surface area contributed by atoms with E-state index in [4.69, 9.17) is 4.74 Å². The number of amides is 1. The first-order chi connectivity index (χ1) is 8.24. The number of aryl methyl sites for hydroxylation is 1. The second kappa shape index (κ2) is 8.14. The van der Waals surface area contributed by atoms with Crippen molar-refractivity contribution in [1.29, 1.82) is 0 Å². The molecule has 0 fully saturated rings. The van der Waals surface area contributed by atoms with E-state index in [9.17, 15) is 4.79 Å². The molecule has 0 unspecified atom stereocenters. The van der Waals surface area contributed by atoms with Crippen molar-refractivity contribution in [3.8, 4) is 0 Å². The molecule has 0 saturated carbocycles. The highest BCUT2D eigenvalue weighted by Crippen LogP contribution is 2.21. The van der Waals surface area contributed by atoms with Crippen molar-refractivity contribution < 1.29 is 9.53 Å². The molecular formula is C13H19NO2S. The van der Waals surface area contributed by atoms with Crippen molar-refractivity contribution in [2.75, 3.05) is 26.0 Å². The molecule has 0 atom stereocenters. The van der Waals surface area contributed by atoms with Crippen LogP contribution in [0.25, 0.3) is 0 Å². The minimum Gasteiger partial charge on any atom is -0.385 e. The van der Waals surface area contributed by atoms with Gasteiger partial charge in [0.05, 0.1) is 5.75 Å². The summed E-state index contributed by atoms with van der Waals surface area (Å²) in [5.74, 6) is 0.548. The molecule has 1 aromatic rings. The third kappa shape index (κ3) is 5.75. The van der Waals surface area contributed by atoms with Gasteiger partial charge in [-0.15, -0.1) is 11.8 Å². The number of thioether (sulfide) groups is 1. The van der Waals surface area contributed by atoms with Gasteiger partial charge in [-0.3, -0.25) is 4.79 Å². The van der Waals surface area contributed by atoms with Crippen molar-refractivity contribution in [2.45, 2.75) is 18.2 Å². The molecule has 0 heterocycles. The van der Waals surface area contributed by atoms with Gasteiger partial charge in [-0.2, -0.15) is 0 Å². The van der Waals surface area contributed by atoms with E-state index in [-0.39, 0.29) is 5.91 Å². The molecule has 0 saturated heterocycles. The Kier molecular flexibility index (Phi) is 6.74. The fourth-order valence-corrected chi connectivity index (χ4v) is 2.22. The van der Waals surface area contributed by atoms with Gasteiger partial charge in [0.15, 0.2) is 0 Å². The van der Waals surface area contributed by atoms with E-state index in [0.717, 1.165) is 6.42 Å². The molecule has 1 aromatic carbocycles. The Hall–Kier alpha value is -1.00. The molecule has 94 valence electrons. The van der Waals surface area contributed by atoms with Crippen LogP contribution in [-0.2, 0) is 9.53 Å². The van der Waals surface area contributed by atoms with Gasteiger partial charge in [0.25, 0.3) is 0 Å². The third-order valence-electron chi connectivity index (χ3n) is 2.30. The van der Waals surface area contributed by atoms with Crippen LogP contribution >= 0.6 is 11.8 Å². The van der Waals surface area contributed by atoms with Gasteiger partial charge < -0.3 is 10.1 Å². The van der Waals surface area contributed by atoms with Crippen LogP contribution in [0.4, 0.5) is 0 Å². The summed E-state index contributed by atoms with van der Waals surface area (Å²) in [7, 11) is 1.66. The number of nitrogens with one attached hydrogen (secondary N) is 1. The van der Waals surface area contributed by atoms with Crippen molar-refractivity contribution in [2.24, 2.45) is 0 Å². The summed E-state index contributed by atoms with van der Waals surface area (Å²) >= 11 is 1.58. The number of benzene rings is 1. The molecular weight excluding hydrogens is 234 g/mol. The molecule has 0 aliphatic rings. The number of methoxy groups -OCH3 is 1. The Bertz CT molecular complexity index is 355. The highest BCUT2D eigenvalue weighted by Gasteiger charge is 2.03. The average Bonchev–Trinajstić information content (AvgIpc) is 2.34. The van der Waals surface area contributed by atoms with Crippen molar-refractivity contribution >= 4 is 17.7 Å². The van der Waals surface area contributed by atoms with Gasteiger partial charge in [-0.1, -0.05) is 18.2 Å². The van der Waals surface area contributed by atoms with Gasteiger partial charge in [-0.25, -0.2) is 0 Å². The quantitative estimate of drug-likeness (QED) is 0.598. The van der Waals surface area contributed by atoms with Crippen LogP contribution in [0.2, 0.25) is 0 Å². The van der Waals surface area contributed by atoms with Gasteiger partial charge in [0.2, 0.25) is 5.91 Å². The Morgan fingerprint density at radius 2 is 2.18 bits per heavy atom. The van der Waals surface area contributed by atoms with Gasteiger partial charge in [0.1, 0.15) is 0 Å². The molecule has 4 heteroatoms. The lowest BCUT2D eigenvalue weighted by molar-refractivity contribution is -0.118. The zero-order valence-corrected chi connectivity index (χ0v) is 11.2. The second-order valence-electron chi connectivity index (χ2n) is 3.75. The number of rotatable bonds is 7. The van der Waals surface area contributed by atoms with E-state index in [1.165, 1.54) is 10.5 Å². The van der Waals surface area contributed by atoms with Crippen LogP contribution in [0.15, 0.2) is 29.2 Å². The molecule has 3 nitrogen and oxygen atoms in total. The number of hydrogen-bond donors (Lipinski definition) is 1. The fourth-order valence-electron chi connectivity index (χ4n) is 1.36. The normalized spacial score (nSPS) is 10.2. The smallest absolute Gasteiger partial charge is 0.230 e. The summed E-state index contributed by atoms with van der Waals surface area (Å²) in [6, 6.07) is 8.09. The van der Waals surface area contributed by atoms with Crippen molar-refractivity contribution in [3.05, 3.63) is 29.8 Å². The molecule has 1 amide bonds. The van der Waals surface area contributed by atoms with Gasteiger partial charge >= 0.3 is 0 Å². The van der Waals surface area contributed by atoms with Crippen molar-refractivity contribution in [1.82, 2.24) is 5.32 Å². The molecule has 0 bridgehead atoms. The number of carbonyl (C=O) groups is 1. The summed E-state index contributed by atoms with van der Waals surface area (Å²) in [6.45, 7) is 3.42. The molecule has 1 N–H and O–H groups in total. The predicted molar refractivity (Wildman–Crippen MR) is 71.4 cm³/mol. The Balaban J connectivity index is 2.22. The highest BCUT2D eigenvalue weighted by molar-refractivity contribution is 8.00. The Labute approximate surface area is 107 Å². The highest BCUT2D eigenvalue weighted by atomic mass is 32.2. The monoisotopic (exact) mass is 253 g/mol. The van der Waals surface area contributed by atoms with E-state index in [2.05, 4.69) is 18.3 Å². The lowest BCUT2D eigenvalue weighted by Crippen LogP contribution is -2.26. The second-order valence-corrected chi connectivity index (χ2v) is 4.77. The molecule has 17 heavy (non-hydrogen) atoms. The van der Waals surface area contributed by atoms with Crippen LogP contribution in [0, 0.1) is 6.92 Å². The van der Waals surface area contributed by atoms with Crippen LogP contribution in [-0.4, -0.2) is 31.9 Å². The minimum absolute atomic E-state index is 0.0781. The summed E-state index contributed by atoms with van der Waals surface area (Å²) in [5, 5.41) is 2.87. The maximum absolute atomic E-state index is 11.5. The molecule has 0 radical (unpaired) electrons. The average molecular weight is 253 g/mol. The minimum atomic E-state index is 0.0781. The van der Waals surface area contributed by atoms with E-state index in [1.54, 1.807) is 18.9 Å². The van der Waals surface area contributed by atoms with Crippen molar-refractivity contribution in [3.63, 3.8) is 0 Å². The molecule has 0 spiro atoms. The third-order valence-corrected chi connectivity index (χ3v) is 3.48. The lowest BCUT2D eigenvalue weighted by atomic mass is 10.2. The molecule has 1 rings (SSSR count). The summed E-state index contributed by atoms with van der Waals surface area (Å²) in [6.07, 6.45) is 0.858. The molecule has 0 aliphatic carbocycles. The largest absolute Gasteiger partial charge is 0.385 e. The van der Waals surface area contributed by atoms with E-state index in [0.29, 0.717) is 18.9 Å².